The number of imide groups is 1. The third-order valence-electron chi connectivity index (χ3n) is 4.97. The van der Waals surface area contributed by atoms with E-state index in [-0.39, 0.29) is 17.5 Å². The van der Waals surface area contributed by atoms with Crippen molar-refractivity contribution in [3.63, 3.8) is 0 Å². The van der Waals surface area contributed by atoms with Crippen LogP contribution in [0.3, 0.4) is 0 Å². The molecule has 0 spiro atoms. The number of ether oxygens (including phenoxy) is 1. The number of hydrogen-bond donors (Lipinski definition) is 2. The number of alkyl carbamates (subject to hydrolysis) is 1. The Labute approximate surface area is 189 Å². The number of amides is 3. The van der Waals surface area contributed by atoms with Gasteiger partial charge in [-0.05, 0) is 56.0 Å². The summed E-state index contributed by atoms with van der Waals surface area (Å²) in [6.45, 7) is 5.08. The lowest BCUT2D eigenvalue weighted by Gasteiger charge is -2.23. The Morgan fingerprint density at radius 1 is 1.03 bits per heavy atom. The van der Waals surface area contributed by atoms with Gasteiger partial charge < -0.3 is 19.9 Å². The zero-order valence-corrected chi connectivity index (χ0v) is 18.4. The first kappa shape index (κ1) is 22.1. The van der Waals surface area contributed by atoms with E-state index in [1.807, 2.05) is 24.3 Å². The van der Waals surface area contributed by atoms with Gasteiger partial charge in [0.2, 0.25) is 0 Å². The largest absolute Gasteiger partial charge is 0.444 e. The fourth-order valence-electron chi connectivity index (χ4n) is 3.50. The van der Waals surface area contributed by atoms with Crippen molar-refractivity contribution in [1.29, 1.82) is 0 Å². The summed E-state index contributed by atoms with van der Waals surface area (Å²) in [7, 11) is 0. The maximum atomic E-state index is 13.0. The number of carbonyl (C=O) groups excluding carboxylic acids is 4. The van der Waals surface area contributed by atoms with E-state index < -0.39 is 35.5 Å². The molecule has 33 heavy (non-hydrogen) atoms. The number of benzene rings is 2. The number of aromatic nitrogens is 1. The molecule has 0 bridgehead atoms. The van der Waals surface area contributed by atoms with Crippen molar-refractivity contribution >= 4 is 34.8 Å². The lowest BCUT2D eigenvalue weighted by atomic mass is 10.0. The fraction of sp³-hybridized carbons (Fsp3) is 0.250. The molecule has 0 radical (unpaired) electrons. The van der Waals surface area contributed by atoms with E-state index in [0.717, 1.165) is 16.5 Å². The first-order chi connectivity index (χ1) is 15.6. The van der Waals surface area contributed by atoms with Crippen LogP contribution in [0.4, 0.5) is 4.79 Å². The number of rotatable bonds is 5. The molecule has 0 saturated carbocycles. The van der Waals surface area contributed by atoms with Gasteiger partial charge in [-0.25, -0.2) is 9.59 Å². The highest BCUT2D eigenvalue weighted by Gasteiger charge is 2.40. The summed E-state index contributed by atoms with van der Waals surface area (Å²) < 4.78 is 5.27. The van der Waals surface area contributed by atoms with Crippen molar-refractivity contribution in [2.45, 2.75) is 38.8 Å². The van der Waals surface area contributed by atoms with Gasteiger partial charge in [-0.2, -0.15) is 0 Å². The van der Waals surface area contributed by atoms with Crippen LogP contribution in [0.25, 0.3) is 10.9 Å². The first-order valence-corrected chi connectivity index (χ1v) is 10.4. The Hall–Kier alpha value is -4.14. The van der Waals surface area contributed by atoms with Crippen LogP contribution >= 0.6 is 0 Å². The third-order valence-corrected chi connectivity index (χ3v) is 4.97. The summed E-state index contributed by atoms with van der Waals surface area (Å²) in [5.41, 5.74) is 1.08. The van der Waals surface area contributed by atoms with Crippen LogP contribution in [0.5, 0.6) is 0 Å². The van der Waals surface area contributed by atoms with Gasteiger partial charge >= 0.3 is 12.1 Å². The number of hydroxylamine groups is 2. The normalized spacial score (nSPS) is 14.2. The highest BCUT2D eigenvalue weighted by molar-refractivity contribution is 6.20. The van der Waals surface area contributed by atoms with E-state index >= 15 is 0 Å². The van der Waals surface area contributed by atoms with Crippen molar-refractivity contribution in [1.82, 2.24) is 15.4 Å². The monoisotopic (exact) mass is 449 g/mol. The number of H-pyrrole nitrogens is 1. The molecule has 2 heterocycles. The maximum absolute atomic E-state index is 13.0. The molecule has 1 unspecified atom stereocenters. The molecule has 1 aromatic heterocycles. The minimum absolute atomic E-state index is 0.0518. The molecule has 2 N–H and O–H groups in total. The average molecular weight is 449 g/mol. The van der Waals surface area contributed by atoms with Crippen molar-refractivity contribution in [2.75, 3.05) is 0 Å². The highest BCUT2D eigenvalue weighted by atomic mass is 16.7. The number of hydrogen-bond acceptors (Lipinski definition) is 6. The molecule has 9 heteroatoms. The minimum atomic E-state index is -1.21. The smallest absolute Gasteiger partial charge is 0.408 e. The lowest BCUT2D eigenvalue weighted by Crippen LogP contribution is -2.48. The quantitative estimate of drug-likeness (QED) is 0.577. The molecule has 170 valence electrons. The second-order valence-electron chi connectivity index (χ2n) is 8.66. The molecule has 1 aliphatic heterocycles. The Balaban J connectivity index is 1.55. The molecule has 3 aromatic rings. The van der Waals surface area contributed by atoms with Gasteiger partial charge in [0, 0.05) is 18.1 Å². The summed E-state index contributed by atoms with van der Waals surface area (Å²) in [5.74, 6) is -2.46. The molecule has 3 amide bonds. The van der Waals surface area contributed by atoms with Crippen LogP contribution in [0, 0.1) is 0 Å². The Bertz CT molecular complexity index is 1220. The van der Waals surface area contributed by atoms with Crippen LogP contribution in [0.1, 0.15) is 47.1 Å². The summed E-state index contributed by atoms with van der Waals surface area (Å²) >= 11 is 0. The number of aromatic amines is 1. The summed E-state index contributed by atoms with van der Waals surface area (Å²) in [6.07, 6.45) is 1.02. The number of nitrogens with zero attached hydrogens (tertiary/aromatic N) is 1. The second-order valence-corrected chi connectivity index (χ2v) is 8.66. The average Bonchev–Trinajstić information content (AvgIpc) is 3.30. The van der Waals surface area contributed by atoms with E-state index in [1.54, 1.807) is 39.1 Å². The van der Waals surface area contributed by atoms with Gasteiger partial charge in [0.1, 0.15) is 11.6 Å². The zero-order valence-electron chi connectivity index (χ0n) is 18.4. The van der Waals surface area contributed by atoms with E-state index in [4.69, 9.17) is 9.57 Å². The van der Waals surface area contributed by atoms with Gasteiger partial charge in [0.25, 0.3) is 11.8 Å². The summed E-state index contributed by atoms with van der Waals surface area (Å²) in [5, 5.41) is 3.90. The molecule has 0 aliphatic carbocycles. The molecular formula is C24H23N3O6. The van der Waals surface area contributed by atoms with Crippen molar-refractivity contribution in [2.24, 2.45) is 0 Å². The van der Waals surface area contributed by atoms with Crippen molar-refractivity contribution in [3.8, 4) is 0 Å². The van der Waals surface area contributed by atoms with Gasteiger partial charge in [-0.15, -0.1) is 0 Å². The first-order valence-electron chi connectivity index (χ1n) is 10.4. The van der Waals surface area contributed by atoms with Crippen LogP contribution in [-0.4, -0.2) is 45.6 Å². The second kappa shape index (κ2) is 8.42. The SMILES string of the molecule is CC(C)(C)OC(=O)NC(Cc1ccc2cc[nH]c2c1)C(=O)ON1C(=O)c2ccccc2C1=O. The predicted molar refractivity (Wildman–Crippen MR) is 118 cm³/mol. The van der Waals surface area contributed by atoms with E-state index in [2.05, 4.69) is 10.3 Å². The minimum Gasteiger partial charge on any atom is -0.444 e. The Morgan fingerprint density at radius 3 is 2.33 bits per heavy atom. The Morgan fingerprint density at radius 2 is 1.70 bits per heavy atom. The molecule has 1 aliphatic rings. The maximum Gasteiger partial charge on any atom is 0.408 e. The van der Waals surface area contributed by atoms with Crippen LogP contribution < -0.4 is 5.32 Å². The summed E-state index contributed by atoms with van der Waals surface area (Å²) in [4.78, 5) is 58.8. The molecule has 1 atom stereocenters. The standard InChI is InChI=1S/C24H23N3O6/c1-24(2,3)32-23(31)26-19(13-14-8-9-15-10-11-25-18(15)12-14)22(30)33-27-20(28)16-6-4-5-7-17(16)21(27)29/h4-12,19,25H,13H2,1-3H3,(H,26,31). The topological polar surface area (TPSA) is 118 Å². The molecular weight excluding hydrogens is 426 g/mol. The van der Waals surface area contributed by atoms with E-state index in [9.17, 15) is 19.2 Å². The zero-order chi connectivity index (χ0) is 23.8. The lowest BCUT2D eigenvalue weighted by molar-refractivity contribution is -0.171. The van der Waals surface area contributed by atoms with E-state index in [0.29, 0.717) is 5.06 Å². The van der Waals surface area contributed by atoms with Gasteiger partial charge in [0.05, 0.1) is 11.1 Å². The van der Waals surface area contributed by atoms with Crippen LogP contribution in [0.2, 0.25) is 0 Å². The van der Waals surface area contributed by atoms with Gasteiger partial charge in [0.15, 0.2) is 0 Å². The molecule has 0 fully saturated rings. The number of fused-ring (bicyclic) bond motifs is 2. The molecule has 0 saturated heterocycles. The van der Waals surface area contributed by atoms with Gasteiger partial charge in [-0.3, -0.25) is 9.59 Å². The Kier molecular flexibility index (Phi) is 5.63. The van der Waals surface area contributed by atoms with Crippen LogP contribution in [0.15, 0.2) is 54.7 Å². The van der Waals surface area contributed by atoms with Gasteiger partial charge in [-0.1, -0.05) is 29.3 Å². The van der Waals surface area contributed by atoms with Crippen LogP contribution in [-0.2, 0) is 20.8 Å². The highest BCUT2D eigenvalue weighted by Crippen LogP contribution is 2.23. The molecule has 4 rings (SSSR count). The molecule has 9 nitrogen and oxygen atoms in total. The fourth-order valence-corrected chi connectivity index (χ4v) is 3.50. The number of nitrogens with one attached hydrogen (secondary N) is 2. The van der Waals surface area contributed by atoms with Crippen molar-refractivity contribution in [3.05, 3.63) is 71.4 Å². The van der Waals surface area contributed by atoms with Crippen molar-refractivity contribution < 1.29 is 28.8 Å². The number of carbonyl (C=O) groups is 4. The summed E-state index contributed by atoms with van der Waals surface area (Å²) in [6, 6.07) is 12.4. The third kappa shape index (κ3) is 4.72. The van der Waals surface area contributed by atoms with E-state index in [1.165, 1.54) is 12.1 Å². The predicted octanol–water partition coefficient (Wildman–Crippen LogP) is 3.36. The molecule has 2 aromatic carbocycles.